The SMILES string of the molecule is CC(C)CCNC(=O)COC(=O)COc1ccccc1Cc1ccccc1. The van der Waals surface area contributed by atoms with Crippen LogP contribution in [0.15, 0.2) is 54.6 Å². The molecule has 0 fully saturated rings. The first kappa shape index (κ1) is 20.5. The Morgan fingerprint density at radius 2 is 1.67 bits per heavy atom. The van der Waals surface area contributed by atoms with Crippen LogP contribution in [0.4, 0.5) is 0 Å². The van der Waals surface area contributed by atoms with E-state index in [0.29, 0.717) is 24.6 Å². The Morgan fingerprint density at radius 3 is 2.41 bits per heavy atom. The second-order valence-electron chi connectivity index (χ2n) is 6.75. The maximum Gasteiger partial charge on any atom is 0.344 e. The molecule has 2 rings (SSSR count). The quantitative estimate of drug-likeness (QED) is 0.652. The van der Waals surface area contributed by atoms with Gasteiger partial charge in [-0.05, 0) is 29.5 Å². The molecule has 0 bridgehead atoms. The third kappa shape index (κ3) is 7.94. The highest BCUT2D eigenvalue weighted by Gasteiger charge is 2.10. The maximum absolute atomic E-state index is 11.8. The number of ether oxygens (including phenoxy) is 2. The number of carbonyl (C=O) groups is 2. The molecular weight excluding hydrogens is 342 g/mol. The lowest BCUT2D eigenvalue weighted by Crippen LogP contribution is -2.31. The Morgan fingerprint density at radius 1 is 0.963 bits per heavy atom. The van der Waals surface area contributed by atoms with E-state index in [9.17, 15) is 9.59 Å². The molecule has 144 valence electrons. The zero-order valence-electron chi connectivity index (χ0n) is 15.9. The first-order chi connectivity index (χ1) is 13.0. The van der Waals surface area contributed by atoms with E-state index in [1.54, 1.807) is 0 Å². The number of amides is 1. The molecule has 5 heteroatoms. The Hall–Kier alpha value is -2.82. The monoisotopic (exact) mass is 369 g/mol. The second-order valence-corrected chi connectivity index (χ2v) is 6.75. The largest absolute Gasteiger partial charge is 0.482 e. The van der Waals surface area contributed by atoms with Gasteiger partial charge in [0.05, 0.1) is 0 Å². The van der Waals surface area contributed by atoms with Gasteiger partial charge in [0, 0.05) is 13.0 Å². The number of hydrogen-bond donors (Lipinski definition) is 1. The number of carbonyl (C=O) groups excluding carboxylic acids is 2. The summed E-state index contributed by atoms with van der Waals surface area (Å²) in [5.41, 5.74) is 2.15. The summed E-state index contributed by atoms with van der Waals surface area (Å²) in [6, 6.07) is 17.6. The first-order valence-electron chi connectivity index (χ1n) is 9.21. The summed E-state index contributed by atoms with van der Waals surface area (Å²) < 4.78 is 10.6. The van der Waals surface area contributed by atoms with E-state index in [2.05, 4.69) is 19.2 Å². The van der Waals surface area contributed by atoms with Gasteiger partial charge in [0.25, 0.3) is 5.91 Å². The van der Waals surface area contributed by atoms with Crippen LogP contribution in [-0.4, -0.2) is 31.6 Å². The molecule has 2 aromatic carbocycles. The number of esters is 1. The number of benzene rings is 2. The van der Waals surface area contributed by atoms with Gasteiger partial charge in [0.1, 0.15) is 5.75 Å². The van der Waals surface area contributed by atoms with Gasteiger partial charge in [-0.15, -0.1) is 0 Å². The van der Waals surface area contributed by atoms with Gasteiger partial charge in [-0.25, -0.2) is 4.79 Å². The topological polar surface area (TPSA) is 64.6 Å². The summed E-state index contributed by atoms with van der Waals surface area (Å²) >= 11 is 0. The summed E-state index contributed by atoms with van der Waals surface area (Å²) in [5.74, 6) is 0.286. The summed E-state index contributed by atoms with van der Waals surface area (Å²) in [6.07, 6.45) is 1.60. The van der Waals surface area contributed by atoms with Crippen LogP contribution in [0.2, 0.25) is 0 Å². The highest BCUT2D eigenvalue weighted by molar-refractivity contribution is 5.80. The molecule has 5 nitrogen and oxygen atoms in total. The van der Waals surface area contributed by atoms with Crippen molar-refractivity contribution < 1.29 is 19.1 Å². The zero-order chi connectivity index (χ0) is 19.5. The number of para-hydroxylation sites is 1. The van der Waals surface area contributed by atoms with Crippen molar-refractivity contribution >= 4 is 11.9 Å². The van der Waals surface area contributed by atoms with Crippen molar-refractivity contribution in [1.82, 2.24) is 5.32 Å². The van der Waals surface area contributed by atoms with Gasteiger partial charge < -0.3 is 14.8 Å². The minimum atomic E-state index is -0.566. The molecule has 0 spiro atoms. The van der Waals surface area contributed by atoms with Crippen molar-refractivity contribution in [1.29, 1.82) is 0 Å². The van der Waals surface area contributed by atoms with Crippen molar-refractivity contribution in [3.8, 4) is 5.75 Å². The lowest BCUT2D eigenvalue weighted by Gasteiger charge is -2.12. The number of nitrogens with one attached hydrogen (secondary N) is 1. The van der Waals surface area contributed by atoms with Crippen LogP contribution in [0, 0.1) is 5.92 Å². The molecule has 0 saturated carbocycles. The van der Waals surface area contributed by atoms with Crippen molar-refractivity contribution in [3.63, 3.8) is 0 Å². The van der Waals surface area contributed by atoms with Gasteiger partial charge in [0.15, 0.2) is 13.2 Å². The van der Waals surface area contributed by atoms with E-state index in [1.807, 2.05) is 54.6 Å². The molecule has 0 aliphatic rings. The summed E-state index contributed by atoms with van der Waals surface area (Å²) in [6.45, 7) is 4.23. The third-order valence-electron chi connectivity index (χ3n) is 3.96. The molecule has 2 aromatic rings. The van der Waals surface area contributed by atoms with E-state index in [4.69, 9.17) is 9.47 Å². The van der Waals surface area contributed by atoms with Crippen LogP contribution in [0.1, 0.15) is 31.4 Å². The summed E-state index contributed by atoms with van der Waals surface area (Å²) in [4.78, 5) is 23.5. The molecule has 27 heavy (non-hydrogen) atoms. The van der Waals surface area contributed by atoms with Crippen LogP contribution in [0.5, 0.6) is 5.75 Å². The maximum atomic E-state index is 11.8. The van der Waals surface area contributed by atoms with Crippen molar-refractivity contribution in [2.45, 2.75) is 26.7 Å². The van der Waals surface area contributed by atoms with E-state index >= 15 is 0 Å². The second kappa shape index (κ2) is 11.0. The van der Waals surface area contributed by atoms with Crippen LogP contribution in [0.3, 0.4) is 0 Å². The van der Waals surface area contributed by atoms with Crippen molar-refractivity contribution in [3.05, 3.63) is 65.7 Å². The molecule has 0 radical (unpaired) electrons. The number of hydrogen-bond acceptors (Lipinski definition) is 4. The minimum Gasteiger partial charge on any atom is -0.482 e. The molecule has 0 saturated heterocycles. The highest BCUT2D eigenvalue weighted by atomic mass is 16.6. The Labute approximate surface area is 160 Å². The summed E-state index contributed by atoms with van der Waals surface area (Å²) in [7, 11) is 0. The van der Waals surface area contributed by atoms with Crippen LogP contribution in [-0.2, 0) is 20.7 Å². The predicted molar refractivity (Wildman–Crippen MR) is 105 cm³/mol. The van der Waals surface area contributed by atoms with Crippen LogP contribution >= 0.6 is 0 Å². The molecule has 0 aliphatic heterocycles. The van der Waals surface area contributed by atoms with Gasteiger partial charge in [0.2, 0.25) is 0 Å². The zero-order valence-corrected chi connectivity index (χ0v) is 15.9. The Balaban J connectivity index is 1.77. The van der Waals surface area contributed by atoms with Gasteiger partial charge >= 0.3 is 5.97 Å². The van der Waals surface area contributed by atoms with Crippen LogP contribution in [0.25, 0.3) is 0 Å². The average molecular weight is 369 g/mol. The fourth-order valence-corrected chi connectivity index (χ4v) is 2.48. The fourth-order valence-electron chi connectivity index (χ4n) is 2.48. The van der Waals surface area contributed by atoms with E-state index in [0.717, 1.165) is 17.5 Å². The number of rotatable bonds is 10. The van der Waals surface area contributed by atoms with Gasteiger partial charge in [-0.3, -0.25) is 4.79 Å². The molecule has 0 unspecified atom stereocenters. The molecular formula is C22H27NO4. The predicted octanol–water partition coefficient (Wildman–Crippen LogP) is 3.36. The Kier molecular flexibility index (Phi) is 8.36. The molecule has 1 amide bonds. The standard InChI is InChI=1S/C22H27NO4/c1-17(2)12-13-23-21(24)15-27-22(25)16-26-20-11-7-6-10-19(20)14-18-8-4-3-5-9-18/h3-11,17H,12-16H2,1-2H3,(H,23,24). The van der Waals surface area contributed by atoms with Crippen LogP contribution < -0.4 is 10.1 Å². The lowest BCUT2D eigenvalue weighted by atomic mass is 10.0. The minimum absolute atomic E-state index is 0.231. The first-order valence-corrected chi connectivity index (χ1v) is 9.21. The van der Waals surface area contributed by atoms with E-state index in [1.165, 1.54) is 0 Å². The summed E-state index contributed by atoms with van der Waals surface area (Å²) in [5, 5.41) is 2.72. The lowest BCUT2D eigenvalue weighted by molar-refractivity contribution is -0.150. The molecule has 0 heterocycles. The van der Waals surface area contributed by atoms with E-state index in [-0.39, 0.29) is 19.1 Å². The normalized spacial score (nSPS) is 10.5. The van der Waals surface area contributed by atoms with Crippen molar-refractivity contribution in [2.24, 2.45) is 5.92 Å². The highest BCUT2D eigenvalue weighted by Crippen LogP contribution is 2.21. The average Bonchev–Trinajstić information content (AvgIpc) is 2.66. The smallest absolute Gasteiger partial charge is 0.344 e. The molecule has 0 atom stereocenters. The van der Waals surface area contributed by atoms with Crippen molar-refractivity contribution in [2.75, 3.05) is 19.8 Å². The molecule has 0 aromatic heterocycles. The molecule has 0 aliphatic carbocycles. The van der Waals surface area contributed by atoms with E-state index < -0.39 is 5.97 Å². The van der Waals surface area contributed by atoms with Gasteiger partial charge in [-0.2, -0.15) is 0 Å². The fraction of sp³-hybridized carbons (Fsp3) is 0.364. The Bertz CT molecular complexity index is 728. The van der Waals surface area contributed by atoms with Gasteiger partial charge in [-0.1, -0.05) is 62.4 Å². The third-order valence-corrected chi connectivity index (χ3v) is 3.96. The molecule has 1 N–H and O–H groups in total.